The summed E-state index contributed by atoms with van der Waals surface area (Å²) in [6, 6.07) is 3.34. The lowest BCUT2D eigenvalue weighted by atomic mass is 10.1. The number of hydrogen-bond donors (Lipinski definition) is 2. The van der Waals surface area contributed by atoms with Crippen LogP contribution in [-0.2, 0) is 10.0 Å². The Balaban J connectivity index is 2.37. The van der Waals surface area contributed by atoms with Crippen molar-refractivity contribution in [3.05, 3.63) is 47.0 Å². The summed E-state index contributed by atoms with van der Waals surface area (Å²) in [7, 11) is -3.57. The Labute approximate surface area is 119 Å². The van der Waals surface area contributed by atoms with Crippen molar-refractivity contribution < 1.29 is 8.42 Å². The molecule has 0 bridgehead atoms. The molecule has 0 spiro atoms. The first kappa shape index (κ1) is 14.7. The molecule has 0 aliphatic heterocycles. The van der Waals surface area contributed by atoms with Gasteiger partial charge >= 0.3 is 0 Å². The van der Waals surface area contributed by atoms with E-state index in [9.17, 15) is 8.42 Å². The highest BCUT2D eigenvalue weighted by Gasteiger charge is 2.23. The lowest BCUT2D eigenvalue weighted by Crippen LogP contribution is -2.28. The summed E-state index contributed by atoms with van der Waals surface area (Å²) < 4.78 is 27.7. The second-order valence-corrected chi connectivity index (χ2v) is 6.70. The van der Waals surface area contributed by atoms with E-state index in [0.717, 1.165) is 16.7 Å². The van der Waals surface area contributed by atoms with Gasteiger partial charge in [0.1, 0.15) is 5.82 Å². The molecule has 1 aromatic carbocycles. The highest BCUT2D eigenvalue weighted by atomic mass is 32.2. The summed E-state index contributed by atoms with van der Waals surface area (Å²) in [4.78, 5) is 7.33. The molecular weight excluding hydrogens is 274 g/mol. The minimum atomic E-state index is -3.57. The van der Waals surface area contributed by atoms with Crippen LogP contribution in [0.5, 0.6) is 0 Å². The Bertz CT molecular complexity index is 683. The Morgan fingerprint density at radius 1 is 1.20 bits per heavy atom. The second-order valence-electron chi connectivity index (χ2n) is 5.05. The van der Waals surface area contributed by atoms with Gasteiger partial charge in [0.15, 0.2) is 0 Å². The first-order valence-electron chi connectivity index (χ1n) is 6.40. The number of benzene rings is 1. The summed E-state index contributed by atoms with van der Waals surface area (Å²) in [6.07, 6.45) is 3.27. The standard InChI is InChI=1S/C14H19N3O2S/c1-9-7-10(2)13(11(3)8-9)20(18,19)17-12(4)14-15-5-6-16-14/h5-8,12,17H,1-4H3,(H,15,16). The quantitative estimate of drug-likeness (QED) is 0.908. The molecule has 0 fully saturated rings. The number of aromatic amines is 1. The van der Waals surface area contributed by atoms with Crippen molar-refractivity contribution in [1.82, 2.24) is 14.7 Å². The largest absolute Gasteiger partial charge is 0.347 e. The Morgan fingerprint density at radius 3 is 2.30 bits per heavy atom. The number of aromatic nitrogens is 2. The summed E-state index contributed by atoms with van der Waals surface area (Å²) >= 11 is 0. The van der Waals surface area contributed by atoms with E-state index in [0.29, 0.717) is 10.7 Å². The number of sulfonamides is 1. The van der Waals surface area contributed by atoms with Crippen LogP contribution in [0, 0.1) is 20.8 Å². The average Bonchev–Trinajstić information content (AvgIpc) is 2.78. The van der Waals surface area contributed by atoms with Crippen LogP contribution in [0.2, 0.25) is 0 Å². The second kappa shape index (κ2) is 5.38. The SMILES string of the molecule is Cc1cc(C)c(S(=O)(=O)NC(C)c2ncc[nH]2)c(C)c1. The van der Waals surface area contributed by atoms with Gasteiger partial charge in [-0.15, -0.1) is 0 Å². The highest BCUT2D eigenvalue weighted by molar-refractivity contribution is 7.89. The third-order valence-electron chi connectivity index (χ3n) is 3.13. The van der Waals surface area contributed by atoms with Crippen LogP contribution < -0.4 is 4.72 Å². The molecule has 2 N–H and O–H groups in total. The first-order chi connectivity index (χ1) is 9.31. The molecule has 0 aliphatic rings. The van der Waals surface area contributed by atoms with Gasteiger partial charge in [-0.25, -0.2) is 18.1 Å². The number of nitrogens with zero attached hydrogens (tertiary/aromatic N) is 1. The van der Waals surface area contributed by atoms with Crippen LogP contribution >= 0.6 is 0 Å². The molecule has 5 nitrogen and oxygen atoms in total. The normalized spacial score (nSPS) is 13.4. The molecule has 20 heavy (non-hydrogen) atoms. The van der Waals surface area contributed by atoms with E-state index in [-0.39, 0.29) is 0 Å². The highest BCUT2D eigenvalue weighted by Crippen LogP contribution is 2.23. The molecular formula is C14H19N3O2S. The van der Waals surface area contributed by atoms with Crippen molar-refractivity contribution >= 4 is 10.0 Å². The number of H-pyrrole nitrogens is 1. The predicted octanol–water partition coefficient (Wildman–Crippen LogP) is 2.37. The van der Waals surface area contributed by atoms with Crippen LogP contribution in [0.4, 0.5) is 0 Å². The number of rotatable bonds is 4. The van der Waals surface area contributed by atoms with Crippen LogP contribution in [0.15, 0.2) is 29.4 Å². The van der Waals surface area contributed by atoms with E-state index < -0.39 is 16.1 Å². The van der Waals surface area contributed by atoms with Crippen LogP contribution in [-0.4, -0.2) is 18.4 Å². The molecule has 0 amide bonds. The Kier molecular flexibility index (Phi) is 3.96. The van der Waals surface area contributed by atoms with Crippen LogP contribution in [0.25, 0.3) is 0 Å². The first-order valence-corrected chi connectivity index (χ1v) is 7.89. The van der Waals surface area contributed by atoms with Crippen LogP contribution in [0.1, 0.15) is 35.5 Å². The molecule has 2 rings (SSSR count). The van der Waals surface area contributed by atoms with Crippen molar-refractivity contribution in [2.24, 2.45) is 0 Å². The summed E-state index contributed by atoms with van der Waals surface area (Å²) in [5.74, 6) is 0.594. The van der Waals surface area contributed by atoms with Crippen molar-refractivity contribution in [2.45, 2.75) is 38.6 Å². The molecule has 2 aromatic rings. The number of hydrogen-bond acceptors (Lipinski definition) is 3. The molecule has 1 unspecified atom stereocenters. The van der Waals surface area contributed by atoms with Crippen LogP contribution in [0.3, 0.4) is 0 Å². The van der Waals surface area contributed by atoms with Gasteiger partial charge in [-0.3, -0.25) is 0 Å². The van der Waals surface area contributed by atoms with Crippen molar-refractivity contribution in [1.29, 1.82) is 0 Å². The third-order valence-corrected chi connectivity index (χ3v) is 4.98. The van der Waals surface area contributed by atoms with E-state index in [1.165, 1.54) is 0 Å². The number of aryl methyl sites for hydroxylation is 3. The minimum Gasteiger partial charge on any atom is -0.347 e. The van der Waals surface area contributed by atoms with E-state index in [2.05, 4.69) is 14.7 Å². The van der Waals surface area contributed by atoms with E-state index >= 15 is 0 Å². The van der Waals surface area contributed by atoms with E-state index in [4.69, 9.17) is 0 Å². The van der Waals surface area contributed by atoms with Gasteiger partial charge in [0, 0.05) is 12.4 Å². The molecule has 1 heterocycles. The number of nitrogens with one attached hydrogen (secondary N) is 2. The average molecular weight is 293 g/mol. The third kappa shape index (κ3) is 2.91. The maximum atomic E-state index is 12.5. The van der Waals surface area contributed by atoms with Gasteiger partial charge in [-0.2, -0.15) is 0 Å². The van der Waals surface area contributed by atoms with Crippen molar-refractivity contribution in [3.8, 4) is 0 Å². The number of imidazole rings is 1. The Morgan fingerprint density at radius 2 is 1.80 bits per heavy atom. The van der Waals surface area contributed by atoms with Gasteiger partial charge in [-0.05, 0) is 38.8 Å². The van der Waals surface area contributed by atoms with E-state index in [1.807, 2.05) is 32.9 Å². The lowest BCUT2D eigenvalue weighted by molar-refractivity contribution is 0.560. The molecule has 108 valence electrons. The predicted molar refractivity (Wildman–Crippen MR) is 78.0 cm³/mol. The summed E-state index contributed by atoms with van der Waals surface area (Å²) in [5, 5.41) is 0. The minimum absolute atomic E-state index is 0.349. The zero-order valence-electron chi connectivity index (χ0n) is 12.1. The molecule has 0 aliphatic carbocycles. The zero-order valence-corrected chi connectivity index (χ0v) is 12.9. The molecule has 0 radical (unpaired) electrons. The lowest BCUT2D eigenvalue weighted by Gasteiger charge is -2.16. The molecule has 1 atom stereocenters. The fourth-order valence-electron chi connectivity index (χ4n) is 2.45. The molecule has 0 saturated heterocycles. The van der Waals surface area contributed by atoms with E-state index in [1.54, 1.807) is 19.3 Å². The van der Waals surface area contributed by atoms with Crippen molar-refractivity contribution in [3.63, 3.8) is 0 Å². The van der Waals surface area contributed by atoms with Gasteiger partial charge in [0.2, 0.25) is 10.0 Å². The Hall–Kier alpha value is -1.66. The van der Waals surface area contributed by atoms with Gasteiger partial charge in [-0.1, -0.05) is 17.7 Å². The monoisotopic (exact) mass is 293 g/mol. The molecule has 0 saturated carbocycles. The van der Waals surface area contributed by atoms with Gasteiger partial charge in [0.05, 0.1) is 10.9 Å². The summed E-state index contributed by atoms with van der Waals surface area (Å²) in [6.45, 7) is 7.34. The molecule has 6 heteroatoms. The summed E-state index contributed by atoms with van der Waals surface area (Å²) in [5.41, 5.74) is 2.56. The van der Waals surface area contributed by atoms with Gasteiger partial charge < -0.3 is 4.98 Å². The maximum Gasteiger partial charge on any atom is 0.241 e. The topological polar surface area (TPSA) is 74.8 Å². The smallest absolute Gasteiger partial charge is 0.241 e. The fraction of sp³-hybridized carbons (Fsp3) is 0.357. The maximum absolute atomic E-state index is 12.5. The van der Waals surface area contributed by atoms with Crippen molar-refractivity contribution in [2.75, 3.05) is 0 Å². The molecule has 1 aromatic heterocycles. The van der Waals surface area contributed by atoms with Gasteiger partial charge in [0.25, 0.3) is 0 Å². The fourth-order valence-corrected chi connectivity index (χ4v) is 4.11. The zero-order chi connectivity index (χ0) is 14.9.